The summed E-state index contributed by atoms with van der Waals surface area (Å²) >= 11 is 0. The number of aliphatic hydroxyl groups is 1. The lowest BCUT2D eigenvalue weighted by Crippen LogP contribution is -2.42. The minimum absolute atomic E-state index is 0.125. The third-order valence-corrected chi connectivity index (χ3v) is 2.87. The van der Waals surface area contributed by atoms with Crippen LogP contribution in [0.2, 0.25) is 0 Å². The molecule has 0 heterocycles. The highest BCUT2D eigenvalue weighted by molar-refractivity contribution is 4.80. The topological polar surface area (TPSA) is 32.3 Å². The first kappa shape index (κ1) is 12.0. The molecule has 0 aromatic rings. The molecule has 0 aliphatic heterocycles. The predicted octanol–water partition coefficient (Wildman–Crippen LogP) is 2.32. The Morgan fingerprint density at radius 2 is 1.79 bits per heavy atom. The predicted molar refractivity (Wildman–Crippen MR) is 60.3 cm³/mol. The van der Waals surface area contributed by atoms with E-state index in [0.717, 1.165) is 19.4 Å². The Morgan fingerprint density at radius 1 is 1.14 bits per heavy atom. The molecule has 0 aromatic carbocycles. The Labute approximate surface area is 88.1 Å². The van der Waals surface area contributed by atoms with Crippen LogP contribution in [0.25, 0.3) is 0 Å². The van der Waals surface area contributed by atoms with Gasteiger partial charge in [-0.2, -0.15) is 0 Å². The van der Waals surface area contributed by atoms with Crippen molar-refractivity contribution >= 4 is 0 Å². The van der Waals surface area contributed by atoms with Crippen molar-refractivity contribution in [3.63, 3.8) is 0 Å². The summed E-state index contributed by atoms with van der Waals surface area (Å²) in [5.41, 5.74) is 0.312. The van der Waals surface area contributed by atoms with Crippen molar-refractivity contribution in [2.45, 2.75) is 65.0 Å². The van der Waals surface area contributed by atoms with Gasteiger partial charge >= 0.3 is 0 Å². The van der Waals surface area contributed by atoms with Crippen LogP contribution in [0.1, 0.15) is 52.9 Å². The molecule has 0 aromatic heterocycles. The van der Waals surface area contributed by atoms with E-state index in [2.05, 4.69) is 26.1 Å². The van der Waals surface area contributed by atoms with Crippen LogP contribution in [0.15, 0.2) is 0 Å². The SMILES string of the molecule is CC(C)(C)CNC1CCCCCC1O. The Kier molecular flexibility index (Phi) is 4.39. The Bertz CT molecular complexity index is 162. The van der Waals surface area contributed by atoms with Gasteiger partial charge in [0, 0.05) is 12.6 Å². The molecular weight excluding hydrogens is 174 g/mol. The van der Waals surface area contributed by atoms with Gasteiger partial charge in [0.15, 0.2) is 0 Å². The minimum Gasteiger partial charge on any atom is -0.392 e. The summed E-state index contributed by atoms with van der Waals surface area (Å²) in [6, 6.07) is 0.330. The first-order chi connectivity index (χ1) is 6.49. The van der Waals surface area contributed by atoms with Gasteiger partial charge in [-0.25, -0.2) is 0 Å². The molecule has 0 amide bonds. The number of rotatable bonds is 2. The maximum atomic E-state index is 9.88. The van der Waals surface area contributed by atoms with Crippen LogP contribution in [-0.4, -0.2) is 23.8 Å². The fourth-order valence-electron chi connectivity index (χ4n) is 1.96. The van der Waals surface area contributed by atoms with Crippen LogP contribution in [0.3, 0.4) is 0 Å². The first-order valence-electron chi connectivity index (χ1n) is 5.90. The summed E-state index contributed by atoms with van der Waals surface area (Å²) < 4.78 is 0. The highest BCUT2D eigenvalue weighted by Gasteiger charge is 2.22. The molecule has 1 rings (SSSR count). The van der Waals surface area contributed by atoms with Gasteiger partial charge in [-0.15, -0.1) is 0 Å². The number of hydrogen-bond donors (Lipinski definition) is 2. The largest absolute Gasteiger partial charge is 0.392 e. The molecule has 0 saturated heterocycles. The lowest BCUT2D eigenvalue weighted by atomic mass is 9.95. The van der Waals surface area contributed by atoms with Gasteiger partial charge in [0.05, 0.1) is 6.10 Å². The lowest BCUT2D eigenvalue weighted by molar-refractivity contribution is 0.114. The third-order valence-electron chi connectivity index (χ3n) is 2.87. The first-order valence-corrected chi connectivity index (χ1v) is 5.90. The summed E-state index contributed by atoms with van der Waals surface area (Å²) in [4.78, 5) is 0. The summed E-state index contributed by atoms with van der Waals surface area (Å²) in [6.45, 7) is 7.67. The summed E-state index contributed by atoms with van der Waals surface area (Å²) in [5, 5.41) is 13.4. The standard InChI is InChI=1S/C12H25NO/c1-12(2,3)9-13-10-7-5-4-6-8-11(10)14/h10-11,13-14H,4-9H2,1-3H3. The molecule has 1 aliphatic rings. The summed E-state index contributed by atoms with van der Waals surface area (Å²) in [6.07, 6.45) is 5.72. The molecule has 1 fully saturated rings. The molecule has 14 heavy (non-hydrogen) atoms. The molecule has 2 N–H and O–H groups in total. The summed E-state index contributed by atoms with van der Waals surface area (Å²) in [7, 11) is 0. The molecule has 0 spiro atoms. The molecule has 2 heteroatoms. The van der Waals surface area contributed by atoms with E-state index in [9.17, 15) is 5.11 Å². The zero-order valence-corrected chi connectivity index (χ0v) is 9.84. The highest BCUT2D eigenvalue weighted by Crippen LogP contribution is 2.19. The van der Waals surface area contributed by atoms with E-state index in [0.29, 0.717) is 11.5 Å². The third kappa shape index (κ3) is 4.43. The lowest BCUT2D eigenvalue weighted by Gasteiger charge is -2.27. The molecule has 2 nitrogen and oxygen atoms in total. The van der Waals surface area contributed by atoms with Crippen LogP contribution in [0.4, 0.5) is 0 Å². The van der Waals surface area contributed by atoms with Gasteiger partial charge in [-0.1, -0.05) is 40.0 Å². The molecule has 2 atom stereocenters. The van der Waals surface area contributed by atoms with E-state index in [1.807, 2.05) is 0 Å². The van der Waals surface area contributed by atoms with E-state index in [1.165, 1.54) is 19.3 Å². The number of aliphatic hydroxyl groups excluding tert-OH is 1. The van der Waals surface area contributed by atoms with Gasteiger partial charge in [-0.05, 0) is 18.3 Å². The van der Waals surface area contributed by atoms with Gasteiger partial charge in [0.25, 0.3) is 0 Å². The van der Waals surface area contributed by atoms with Crippen LogP contribution in [-0.2, 0) is 0 Å². The van der Waals surface area contributed by atoms with Crippen molar-refractivity contribution in [2.75, 3.05) is 6.54 Å². The summed E-state index contributed by atoms with van der Waals surface area (Å²) in [5.74, 6) is 0. The van der Waals surface area contributed by atoms with Crippen molar-refractivity contribution in [2.24, 2.45) is 5.41 Å². The highest BCUT2D eigenvalue weighted by atomic mass is 16.3. The van der Waals surface area contributed by atoms with Crippen molar-refractivity contribution in [3.8, 4) is 0 Å². The Hall–Kier alpha value is -0.0800. The van der Waals surface area contributed by atoms with Gasteiger partial charge < -0.3 is 10.4 Å². The average molecular weight is 199 g/mol. The van der Waals surface area contributed by atoms with Gasteiger partial charge in [-0.3, -0.25) is 0 Å². The Morgan fingerprint density at radius 3 is 2.43 bits per heavy atom. The molecule has 0 bridgehead atoms. The minimum atomic E-state index is -0.125. The molecule has 84 valence electrons. The maximum Gasteiger partial charge on any atom is 0.0693 e. The quantitative estimate of drug-likeness (QED) is 0.669. The average Bonchev–Trinajstić information content (AvgIpc) is 2.25. The molecule has 2 unspecified atom stereocenters. The van der Waals surface area contributed by atoms with E-state index in [1.54, 1.807) is 0 Å². The van der Waals surface area contributed by atoms with E-state index in [-0.39, 0.29) is 6.10 Å². The van der Waals surface area contributed by atoms with Crippen molar-refractivity contribution < 1.29 is 5.11 Å². The van der Waals surface area contributed by atoms with E-state index >= 15 is 0 Å². The second kappa shape index (κ2) is 5.13. The molecular formula is C12H25NO. The number of hydrogen-bond acceptors (Lipinski definition) is 2. The zero-order valence-electron chi connectivity index (χ0n) is 9.84. The fraction of sp³-hybridized carbons (Fsp3) is 1.00. The van der Waals surface area contributed by atoms with Crippen LogP contribution in [0.5, 0.6) is 0 Å². The van der Waals surface area contributed by atoms with E-state index in [4.69, 9.17) is 0 Å². The number of nitrogens with one attached hydrogen (secondary N) is 1. The second-order valence-corrected chi connectivity index (χ2v) is 5.75. The fourth-order valence-corrected chi connectivity index (χ4v) is 1.96. The molecule has 1 aliphatic carbocycles. The van der Waals surface area contributed by atoms with Crippen LogP contribution in [0, 0.1) is 5.41 Å². The van der Waals surface area contributed by atoms with Crippen molar-refractivity contribution in [3.05, 3.63) is 0 Å². The molecule has 0 radical (unpaired) electrons. The molecule has 1 saturated carbocycles. The second-order valence-electron chi connectivity index (χ2n) is 5.75. The van der Waals surface area contributed by atoms with E-state index < -0.39 is 0 Å². The van der Waals surface area contributed by atoms with Crippen molar-refractivity contribution in [1.82, 2.24) is 5.32 Å². The van der Waals surface area contributed by atoms with Crippen molar-refractivity contribution in [1.29, 1.82) is 0 Å². The van der Waals surface area contributed by atoms with Gasteiger partial charge in [0.1, 0.15) is 0 Å². The monoisotopic (exact) mass is 199 g/mol. The maximum absolute atomic E-state index is 9.88. The zero-order chi connectivity index (χ0) is 10.6. The normalized spacial score (nSPS) is 30.0. The van der Waals surface area contributed by atoms with Crippen LogP contribution < -0.4 is 5.32 Å². The van der Waals surface area contributed by atoms with Gasteiger partial charge in [0.2, 0.25) is 0 Å². The van der Waals surface area contributed by atoms with Crippen LogP contribution >= 0.6 is 0 Å². The smallest absolute Gasteiger partial charge is 0.0693 e. The Balaban J connectivity index is 2.33.